The largest absolute Gasteiger partial charge is 0.463 e. The van der Waals surface area contributed by atoms with Crippen molar-refractivity contribution >= 4 is 99.5 Å². The van der Waals surface area contributed by atoms with Crippen molar-refractivity contribution in [2.75, 3.05) is 13.2 Å². The first kappa shape index (κ1) is 47.0. The molecule has 2 N–H and O–H groups in total. The smallest absolute Gasteiger partial charge is 0.407 e. The molecule has 15 nitrogen and oxygen atoms in total. The van der Waals surface area contributed by atoms with Gasteiger partial charge in [0.25, 0.3) is 0 Å². The van der Waals surface area contributed by atoms with Gasteiger partial charge in [0.2, 0.25) is 20.2 Å². The van der Waals surface area contributed by atoms with E-state index in [0.29, 0.717) is 0 Å². The third-order valence-corrected chi connectivity index (χ3v) is 13.3. The molecule has 0 bridgehead atoms. The molecule has 12 atom stereocenters. The summed E-state index contributed by atoms with van der Waals surface area (Å²) in [5, 5.41) is 5.91. The quantitative estimate of drug-likeness (QED) is 0.126. The molecular formula is C38H48Cl6N2O13S. The Balaban J connectivity index is 1.15. The van der Waals surface area contributed by atoms with Gasteiger partial charge in [0.1, 0.15) is 48.7 Å². The van der Waals surface area contributed by atoms with Gasteiger partial charge in [-0.25, -0.2) is 9.59 Å². The molecule has 4 aliphatic heterocycles. The molecule has 0 spiro atoms. The van der Waals surface area contributed by atoms with Crippen LogP contribution in [0.25, 0.3) is 0 Å². The minimum atomic E-state index is -2.06. The summed E-state index contributed by atoms with van der Waals surface area (Å²) < 4.78 is 57.3. The molecule has 22 heteroatoms. The molecule has 0 aromatic heterocycles. The number of rotatable bonds is 11. The monoisotopic (exact) mass is 982 g/mol. The Labute approximate surface area is 382 Å². The highest BCUT2D eigenvalue weighted by Crippen LogP contribution is 2.47. The van der Waals surface area contributed by atoms with Crippen molar-refractivity contribution in [2.24, 2.45) is 0 Å². The zero-order valence-corrected chi connectivity index (χ0v) is 37.8. The third-order valence-electron chi connectivity index (χ3n) is 11.1. The van der Waals surface area contributed by atoms with Crippen molar-refractivity contribution in [2.45, 2.75) is 169 Å². The van der Waals surface area contributed by atoms with Crippen molar-refractivity contribution < 1.29 is 61.8 Å². The molecule has 7 rings (SSSR count). The molecule has 4 heterocycles. The number of halogens is 6. The van der Waals surface area contributed by atoms with Gasteiger partial charge < -0.3 is 58.0 Å². The number of esters is 1. The van der Waals surface area contributed by atoms with Crippen molar-refractivity contribution in [1.29, 1.82) is 0 Å². The number of alkyl halides is 6. The lowest BCUT2D eigenvalue weighted by Crippen LogP contribution is -2.62. The number of hydrogen-bond donors (Lipinski definition) is 2. The zero-order valence-electron chi connectivity index (χ0n) is 32.4. The molecule has 6 fully saturated rings. The van der Waals surface area contributed by atoms with Gasteiger partial charge in [-0.2, -0.15) is 0 Å². The molecule has 4 saturated heterocycles. The van der Waals surface area contributed by atoms with Gasteiger partial charge in [-0.1, -0.05) is 138 Å². The number of hydrogen-bond acceptors (Lipinski definition) is 14. The van der Waals surface area contributed by atoms with Gasteiger partial charge in [-0.3, -0.25) is 4.79 Å². The first-order valence-corrected chi connectivity index (χ1v) is 23.2. The highest BCUT2D eigenvalue weighted by molar-refractivity contribution is 7.99. The van der Waals surface area contributed by atoms with Crippen molar-refractivity contribution in [3.05, 3.63) is 30.3 Å². The lowest BCUT2D eigenvalue weighted by molar-refractivity contribution is -0.293. The number of carbonyl (C=O) groups excluding carboxylic acids is 3. The molecule has 60 heavy (non-hydrogen) atoms. The van der Waals surface area contributed by atoms with Crippen LogP contribution in [0.1, 0.15) is 71.1 Å². The lowest BCUT2D eigenvalue weighted by Gasteiger charge is -2.44. The number of amides is 2. The van der Waals surface area contributed by atoms with Gasteiger partial charge >= 0.3 is 18.2 Å². The Hall–Kier alpha value is -0.960. The number of carbonyl (C=O) groups is 3. The fourth-order valence-electron chi connectivity index (χ4n) is 8.25. The van der Waals surface area contributed by atoms with Crippen molar-refractivity contribution in [3.8, 4) is 0 Å². The van der Waals surface area contributed by atoms with E-state index in [-0.39, 0.29) is 25.3 Å². The average molecular weight is 986 g/mol. The predicted molar refractivity (Wildman–Crippen MR) is 220 cm³/mol. The normalized spacial score (nSPS) is 35.2. The van der Waals surface area contributed by atoms with Crippen LogP contribution in [0.15, 0.2) is 35.2 Å². The summed E-state index contributed by atoms with van der Waals surface area (Å²) in [5.41, 5.74) is -0.893. The van der Waals surface area contributed by atoms with Gasteiger partial charge in [-0.15, -0.1) is 0 Å². The molecule has 0 radical (unpaired) electrons. The van der Waals surface area contributed by atoms with E-state index in [1.54, 1.807) is 0 Å². The number of thioether (sulfide) groups is 1. The van der Waals surface area contributed by atoms with E-state index < -0.39 is 98.9 Å². The van der Waals surface area contributed by atoms with Crippen LogP contribution in [0.2, 0.25) is 0 Å². The maximum absolute atomic E-state index is 13.5. The minimum absolute atomic E-state index is 0.0402. The zero-order chi connectivity index (χ0) is 42.6. The first-order valence-electron chi connectivity index (χ1n) is 20.1. The molecule has 2 aliphatic carbocycles. The molecule has 2 unspecified atom stereocenters. The van der Waals surface area contributed by atoms with Gasteiger partial charge in [-0.05, 0) is 37.8 Å². The van der Waals surface area contributed by atoms with Gasteiger partial charge in [0.15, 0.2) is 18.5 Å². The van der Waals surface area contributed by atoms with Crippen LogP contribution in [0.3, 0.4) is 0 Å². The van der Waals surface area contributed by atoms with Crippen LogP contribution >= 0.6 is 81.4 Å². The van der Waals surface area contributed by atoms with Crippen LogP contribution in [0.5, 0.6) is 0 Å². The Bertz CT molecular complexity index is 1600. The minimum Gasteiger partial charge on any atom is -0.463 e. The first-order chi connectivity index (χ1) is 28.6. The Morgan fingerprint density at radius 2 is 1.13 bits per heavy atom. The van der Waals surface area contributed by atoms with Crippen LogP contribution in [0.4, 0.5) is 9.59 Å². The van der Waals surface area contributed by atoms with Crippen LogP contribution in [-0.4, -0.2) is 124 Å². The predicted octanol–water partition coefficient (Wildman–Crippen LogP) is 7.62. The summed E-state index contributed by atoms with van der Waals surface area (Å²) in [6.45, 7) is 0.625. The topological polar surface area (TPSA) is 168 Å². The van der Waals surface area contributed by atoms with E-state index in [2.05, 4.69) is 10.6 Å². The van der Waals surface area contributed by atoms with Gasteiger partial charge in [0, 0.05) is 23.9 Å². The van der Waals surface area contributed by atoms with E-state index in [1.165, 1.54) is 18.7 Å². The highest BCUT2D eigenvalue weighted by Gasteiger charge is 2.61. The highest BCUT2D eigenvalue weighted by atomic mass is 35.6. The van der Waals surface area contributed by atoms with E-state index in [1.807, 2.05) is 30.3 Å². The van der Waals surface area contributed by atoms with Crippen molar-refractivity contribution in [3.63, 3.8) is 0 Å². The summed E-state index contributed by atoms with van der Waals surface area (Å²) in [5.74, 6) is -0.593. The number of ether oxygens (including phenoxy) is 10. The fourth-order valence-corrected chi connectivity index (χ4v) is 9.99. The maximum Gasteiger partial charge on any atom is 0.407 e. The number of alkyl carbamates (subject to hydrolysis) is 2. The molecule has 1 aromatic carbocycles. The number of nitrogens with one attached hydrogen (secondary N) is 2. The molecular weight excluding hydrogens is 937 g/mol. The SMILES string of the molecule is CC(=O)OC[C@H]1O[C@H](OC[C@H]2O[C@H](Sc3ccccc3)[C@@H](OC(=O)NC3CCCCC3)[C@@H]3OC(C(Cl)(Cl)Cl)O[C@@H]32)[C@@H](OC(=O)NC2CCCCC2)[C@@H]2OC(C(Cl)(Cl)Cl)O[C@@H]21. The molecule has 2 saturated carbocycles. The van der Waals surface area contributed by atoms with Crippen LogP contribution in [0, 0.1) is 0 Å². The second kappa shape index (κ2) is 20.9. The molecule has 336 valence electrons. The van der Waals surface area contributed by atoms with E-state index in [9.17, 15) is 14.4 Å². The van der Waals surface area contributed by atoms with Crippen LogP contribution in [-0.2, 0) is 52.2 Å². The number of fused-ring (bicyclic) bond motifs is 2. The molecule has 1 aromatic rings. The van der Waals surface area contributed by atoms with Crippen LogP contribution < -0.4 is 10.6 Å². The summed E-state index contributed by atoms with van der Waals surface area (Å²) in [4.78, 5) is 39.7. The molecule has 6 aliphatic rings. The van der Waals surface area contributed by atoms with E-state index in [0.717, 1.165) is 69.1 Å². The second-order valence-electron chi connectivity index (χ2n) is 15.5. The Morgan fingerprint density at radius 3 is 1.65 bits per heavy atom. The van der Waals surface area contributed by atoms with Gasteiger partial charge in [0.05, 0.1) is 6.61 Å². The lowest BCUT2D eigenvalue weighted by atomic mass is 9.96. The maximum atomic E-state index is 13.5. The third kappa shape index (κ3) is 12.2. The summed E-state index contributed by atoms with van der Waals surface area (Å²) in [6, 6.07) is 9.21. The van der Waals surface area contributed by atoms with Crippen molar-refractivity contribution in [1.82, 2.24) is 10.6 Å². The van der Waals surface area contributed by atoms with E-state index >= 15 is 0 Å². The standard InChI is InChI=1S/C38H48Cl6N2O13S/c1-19(47)50-17-23-25-27(56-33(54-25)37(39,40)41)29(58-35(48)45-20-11-5-2-6-12-20)31(52-23)51-18-24-26-28(57-34(55-26)38(42,43)44)30(32(53-24)60-22-15-9-4-10-16-22)59-36(49)46-21-13-7-3-8-14-21/h4,9-10,15-16,20-21,23-34H,2-3,5-8,11-14,17-18H2,1H3,(H,45,48)(H,46,49)/t23-,24-,25-,26-,27-,28-,29+,30+,31+,32-,33?,34?/m1/s1. The fraction of sp³-hybridized carbons (Fsp3) is 0.763. The Kier molecular flexibility index (Phi) is 16.4. The second-order valence-corrected chi connectivity index (χ2v) is 21.4. The average Bonchev–Trinajstić information content (AvgIpc) is 3.87. The Morgan fingerprint density at radius 1 is 0.650 bits per heavy atom. The van der Waals surface area contributed by atoms with E-state index in [4.69, 9.17) is 117 Å². The summed E-state index contributed by atoms with van der Waals surface area (Å²) >= 11 is 38.9. The number of benzene rings is 1. The molecule has 2 amide bonds. The summed E-state index contributed by atoms with van der Waals surface area (Å²) in [6.07, 6.45) is -4.84. The summed E-state index contributed by atoms with van der Waals surface area (Å²) in [7, 11) is 0.